The maximum absolute atomic E-state index is 10.3. The second kappa shape index (κ2) is 10.4. The molecule has 1 heterocycles. The van der Waals surface area contributed by atoms with Crippen LogP contribution in [0.25, 0.3) is 11.3 Å². The van der Waals surface area contributed by atoms with Gasteiger partial charge in [0.25, 0.3) is 0 Å². The first-order valence-electron chi connectivity index (χ1n) is 10.2. The molecule has 1 atom stereocenters. The van der Waals surface area contributed by atoms with Gasteiger partial charge < -0.3 is 14.6 Å². The molecule has 1 N–H and O–H groups in total. The molecule has 3 aromatic rings. The fourth-order valence-electron chi connectivity index (χ4n) is 3.43. The van der Waals surface area contributed by atoms with Gasteiger partial charge in [-0.2, -0.15) is 5.10 Å². The third-order valence-corrected chi connectivity index (χ3v) is 4.99. The summed E-state index contributed by atoms with van der Waals surface area (Å²) in [5.74, 6) is 1.46. The van der Waals surface area contributed by atoms with Crippen molar-refractivity contribution in [3.8, 4) is 22.9 Å². The summed E-state index contributed by atoms with van der Waals surface area (Å²) < 4.78 is 13.2. The molecule has 1 unspecified atom stereocenters. The molecule has 0 saturated carbocycles. The Kier molecular flexibility index (Phi) is 7.63. The molecule has 0 aliphatic heterocycles. The lowest BCUT2D eigenvalue weighted by Gasteiger charge is -2.29. The van der Waals surface area contributed by atoms with E-state index < -0.39 is 6.10 Å². The zero-order valence-corrected chi connectivity index (χ0v) is 18.2. The molecule has 0 amide bonds. The monoisotopic (exact) mass is 409 g/mol. The SMILES string of the molecule is COCC(O)CN(Cc1c(-c2ccccc2)nn(C)c1Oc1ccccc1)C(C)C. The molecule has 6 nitrogen and oxygen atoms in total. The Balaban J connectivity index is 2.00. The summed E-state index contributed by atoms with van der Waals surface area (Å²) in [7, 11) is 3.50. The van der Waals surface area contributed by atoms with E-state index in [0.717, 1.165) is 22.6 Å². The van der Waals surface area contributed by atoms with Gasteiger partial charge in [-0.3, -0.25) is 4.90 Å². The number of aliphatic hydroxyl groups is 1. The number of aromatic nitrogens is 2. The van der Waals surface area contributed by atoms with E-state index in [1.165, 1.54) is 0 Å². The summed E-state index contributed by atoms with van der Waals surface area (Å²) in [4.78, 5) is 2.21. The van der Waals surface area contributed by atoms with E-state index in [9.17, 15) is 5.11 Å². The number of aliphatic hydroxyl groups excluding tert-OH is 1. The van der Waals surface area contributed by atoms with E-state index in [1.807, 2.05) is 55.6 Å². The van der Waals surface area contributed by atoms with Crippen molar-refractivity contribution in [2.45, 2.75) is 32.5 Å². The van der Waals surface area contributed by atoms with Gasteiger partial charge in [0.2, 0.25) is 5.88 Å². The molecule has 0 fully saturated rings. The summed E-state index contributed by atoms with van der Waals surface area (Å²) in [5.41, 5.74) is 2.91. The van der Waals surface area contributed by atoms with E-state index in [-0.39, 0.29) is 6.04 Å². The fourth-order valence-corrected chi connectivity index (χ4v) is 3.43. The molecular formula is C24H31N3O3. The zero-order valence-electron chi connectivity index (χ0n) is 18.2. The summed E-state index contributed by atoms with van der Waals surface area (Å²) in [6.07, 6.45) is -0.562. The third-order valence-electron chi connectivity index (χ3n) is 4.99. The van der Waals surface area contributed by atoms with Crippen LogP contribution in [0.5, 0.6) is 11.6 Å². The van der Waals surface area contributed by atoms with Gasteiger partial charge in [-0.25, -0.2) is 4.68 Å². The number of ether oxygens (including phenoxy) is 2. The maximum atomic E-state index is 10.3. The molecule has 3 rings (SSSR count). The predicted molar refractivity (Wildman–Crippen MR) is 119 cm³/mol. The van der Waals surface area contributed by atoms with E-state index >= 15 is 0 Å². The first-order valence-corrected chi connectivity index (χ1v) is 10.2. The molecule has 160 valence electrons. The number of para-hydroxylation sites is 1. The first kappa shape index (κ1) is 22.0. The topological polar surface area (TPSA) is 59.8 Å². The lowest BCUT2D eigenvalue weighted by atomic mass is 10.1. The minimum Gasteiger partial charge on any atom is -0.439 e. The Morgan fingerprint density at radius 3 is 2.27 bits per heavy atom. The molecule has 0 aliphatic carbocycles. The summed E-state index contributed by atoms with van der Waals surface area (Å²) in [6, 6.07) is 20.1. The van der Waals surface area contributed by atoms with Gasteiger partial charge in [-0.15, -0.1) is 0 Å². The van der Waals surface area contributed by atoms with E-state index in [1.54, 1.807) is 11.8 Å². The van der Waals surface area contributed by atoms with Crippen molar-refractivity contribution in [3.63, 3.8) is 0 Å². The number of hydrogen-bond donors (Lipinski definition) is 1. The zero-order chi connectivity index (χ0) is 21.5. The van der Waals surface area contributed by atoms with Gasteiger partial charge >= 0.3 is 0 Å². The third kappa shape index (κ3) is 5.48. The summed E-state index contributed by atoms with van der Waals surface area (Å²) in [5, 5.41) is 15.1. The number of benzene rings is 2. The average Bonchev–Trinajstić information content (AvgIpc) is 3.04. The minimum absolute atomic E-state index is 0.227. The van der Waals surface area contributed by atoms with Gasteiger partial charge in [0.1, 0.15) is 11.4 Å². The fraction of sp³-hybridized carbons (Fsp3) is 0.375. The van der Waals surface area contributed by atoms with Crippen molar-refractivity contribution in [3.05, 3.63) is 66.2 Å². The highest BCUT2D eigenvalue weighted by molar-refractivity contribution is 5.65. The van der Waals surface area contributed by atoms with E-state index in [2.05, 4.69) is 30.9 Å². The van der Waals surface area contributed by atoms with Crippen molar-refractivity contribution in [1.29, 1.82) is 0 Å². The minimum atomic E-state index is -0.562. The lowest BCUT2D eigenvalue weighted by molar-refractivity contribution is 0.0278. The second-order valence-electron chi connectivity index (χ2n) is 7.67. The Bertz CT molecular complexity index is 910. The number of aryl methyl sites for hydroxylation is 1. The highest BCUT2D eigenvalue weighted by atomic mass is 16.5. The molecule has 1 aromatic heterocycles. The quantitative estimate of drug-likeness (QED) is 0.546. The van der Waals surface area contributed by atoms with Crippen molar-refractivity contribution >= 4 is 0 Å². The Hall–Kier alpha value is -2.67. The van der Waals surface area contributed by atoms with Crippen molar-refractivity contribution in [1.82, 2.24) is 14.7 Å². The summed E-state index contributed by atoms with van der Waals surface area (Å²) >= 11 is 0. The molecule has 0 bridgehead atoms. The van der Waals surface area contributed by atoms with E-state index in [0.29, 0.717) is 25.6 Å². The van der Waals surface area contributed by atoms with Crippen LogP contribution in [0.3, 0.4) is 0 Å². The van der Waals surface area contributed by atoms with Crippen LogP contribution in [0.2, 0.25) is 0 Å². The number of methoxy groups -OCH3 is 1. The molecule has 0 radical (unpaired) electrons. The van der Waals surface area contributed by atoms with Crippen LogP contribution in [-0.4, -0.2) is 52.2 Å². The van der Waals surface area contributed by atoms with Gasteiger partial charge in [0.05, 0.1) is 18.3 Å². The highest BCUT2D eigenvalue weighted by Gasteiger charge is 2.24. The largest absolute Gasteiger partial charge is 0.439 e. The van der Waals surface area contributed by atoms with Crippen LogP contribution in [0.15, 0.2) is 60.7 Å². The standard InChI is InChI=1S/C24H31N3O3/c1-18(2)27(15-20(28)17-29-4)16-22-23(19-11-7-5-8-12-19)25-26(3)24(22)30-21-13-9-6-10-14-21/h5-14,18,20,28H,15-17H2,1-4H3. The smallest absolute Gasteiger partial charge is 0.222 e. The van der Waals surface area contributed by atoms with Crippen LogP contribution in [0, 0.1) is 0 Å². The molecule has 0 aliphatic rings. The van der Waals surface area contributed by atoms with Crippen molar-refractivity contribution in [2.75, 3.05) is 20.3 Å². The van der Waals surface area contributed by atoms with Gasteiger partial charge in [0, 0.05) is 38.9 Å². The molecular weight excluding hydrogens is 378 g/mol. The van der Waals surface area contributed by atoms with Crippen LogP contribution in [0.1, 0.15) is 19.4 Å². The van der Waals surface area contributed by atoms with Crippen LogP contribution < -0.4 is 4.74 Å². The highest BCUT2D eigenvalue weighted by Crippen LogP contribution is 2.34. The van der Waals surface area contributed by atoms with Crippen LogP contribution in [-0.2, 0) is 18.3 Å². The second-order valence-corrected chi connectivity index (χ2v) is 7.67. The molecule has 0 saturated heterocycles. The van der Waals surface area contributed by atoms with Gasteiger partial charge in [-0.1, -0.05) is 48.5 Å². The number of nitrogens with zero attached hydrogens (tertiary/aromatic N) is 3. The lowest BCUT2D eigenvalue weighted by Crippen LogP contribution is -2.38. The molecule has 30 heavy (non-hydrogen) atoms. The van der Waals surface area contributed by atoms with E-state index in [4.69, 9.17) is 14.6 Å². The Morgan fingerprint density at radius 1 is 1.03 bits per heavy atom. The Labute approximate surface area is 178 Å². The first-order chi connectivity index (χ1) is 14.5. The molecule has 2 aromatic carbocycles. The van der Waals surface area contributed by atoms with Gasteiger partial charge in [-0.05, 0) is 26.0 Å². The predicted octanol–water partition coefficient (Wildman–Crippen LogP) is 4.10. The molecule has 0 spiro atoms. The van der Waals surface area contributed by atoms with Gasteiger partial charge in [0.15, 0.2) is 0 Å². The van der Waals surface area contributed by atoms with Crippen molar-refractivity contribution in [2.24, 2.45) is 7.05 Å². The Morgan fingerprint density at radius 2 is 1.67 bits per heavy atom. The number of rotatable bonds is 10. The number of hydrogen-bond acceptors (Lipinski definition) is 5. The molecule has 6 heteroatoms. The average molecular weight is 410 g/mol. The normalized spacial score (nSPS) is 12.5. The van der Waals surface area contributed by atoms with Crippen LogP contribution in [0.4, 0.5) is 0 Å². The van der Waals surface area contributed by atoms with Crippen LogP contribution >= 0.6 is 0 Å². The summed E-state index contributed by atoms with van der Waals surface area (Å²) in [6.45, 7) is 5.64. The maximum Gasteiger partial charge on any atom is 0.222 e. The van der Waals surface area contributed by atoms with Crippen molar-refractivity contribution < 1.29 is 14.6 Å².